The van der Waals surface area contributed by atoms with E-state index < -0.39 is 0 Å². The van der Waals surface area contributed by atoms with Gasteiger partial charge in [-0.3, -0.25) is 0 Å². The Morgan fingerprint density at radius 1 is 1.50 bits per heavy atom. The first-order valence-corrected chi connectivity index (χ1v) is 5.69. The predicted molar refractivity (Wildman–Crippen MR) is 62.2 cm³/mol. The maximum Gasteiger partial charge on any atom is 0.222 e. The minimum atomic E-state index is 0.248. The van der Waals surface area contributed by atoms with Gasteiger partial charge in [0, 0.05) is 22.6 Å². The van der Waals surface area contributed by atoms with Gasteiger partial charge in [-0.05, 0) is 35.9 Å². The molecule has 4 nitrogen and oxygen atoms in total. The number of ether oxygens (including phenoxy) is 1. The molecule has 0 amide bonds. The Labute approximate surface area is 96.6 Å². The van der Waals surface area contributed by atoms with Crippen molar-refractivity contribution in [2.45, 2.75) is 25.5 Å². The van der Waals surface area contributed by atoms with Crippen molar-refractivity contribution in [1.29, 1.82) is 0 Å². The Morgan fingerprint density at radius 2 is 2.21 bits per heavy atom. The second-order valence-electron chi connectivity index (χ2n) is 3.34. The minimum absolute atomic E-state index is 0.248. The lowest BCUT2D eigenvalue weighted by Gasteiger charge is -2.15. The summed E-state index contributed by atoms with van der Waals surface area (Å²) in [6.07, 6.45) is 4.88. The highest BCUT2D eigenvalue weighted by molar-refractivity contribution is 14.1. The van der Waals surface area contributed by atoms with Crippen molar-refractivity contribution in [3.05, 3.63) is 16.0 Å². The van der Waals surface area contributed by atoms with E-state index in [1.54, 1.807) is 12.4 Å². The van der Waals surface area contributed by atoms with Crippen LogP contribution < -0.4 is 5.32 Å². The van der Waals surface area contributed by atoms with E-state index in [0.29, 0.717) is 12.0 Å². The molecule has 2 rings (SSSR count). The van der Waals surface area contributed by atoms with Gasteiger partial charge in [-0.15, -0.1) is 0 Å². The molecule has 1 aliphatic rings. The zero-order chi connectivity index (χ0) is 9.97. The van der Waals surface area contributed by atoms with E-state index >= 15 is 0 Å². The van der Waals surface area contributed by atoms with E-state index in [0.717, 1.165) is 16.6 Å². The van der Waals surface area contributed by atoms with Crippen molar-refractivity contribution in [2.75, 3.05) is 11.9 Å². The highest BCUT2D eigenvalue weighted by atomic mass is 127. The molecule has 1 N–H and O–H groups in total. The Bertz CT molecular complexity index is 303. The second-order valence-corrected chi connectivity index (χ2v) is 4.59. The number of nitrogens with one attached hydrogen (secondary N) is 1. The molecule has 5 heteroatoms. The number of nitrogens with zero attached hydrogens (tertiary/aromatic N) is 2. The molecular weight excluding hydrogens is 293 g/mol. The fourth-order valence-electron chi connectivity index (χ4n) is 1.47. The van der Waals surface area contributed by atoms with Gasteiger partial charge in [0.25, 0.3) is 0 Å². The van der Waals surface area contributed by atoms with Crippen molar-refractivity contribution in [3.63, 3.8) is 0 Å². The quantitative estimate of drug-likeness (QED) is 0.845. The number of hydrogen-bond donors (Lipinski definition) is 1. The van der Waals surface area contributed by atoms with E-state index in [2.05, 4.69) is 44.8 Å². The first-order chi connectivity index (χ1) is 6.75. The van der Waals surface area contributed by atoms with Crippen LogP contribution in [0.2, 0.25) is 0 Å². The third-order valence-electron chi connectivity index (χ3n) is 2.31. The fourth-order valence-corrected chi connectivity index (χ4v) is 1.75. The number of hydrogen-bond acceptors (Lipinski definition) is 4. The van der Waals surface area contributed by atoms with E-state index in [-0.39, 0.29) is 6.10 Å². The summed E-state index contributed by atoms with van der Waals surface area (Å²) in [5.74, 6) is 0.688. The van der Waals surface area contributed by atoms with Crippen molar-refractivity contribution in [1.82, 2.24) is 9.97 Å². The van der Waals surface area contributed by atoms with Crippen molar-refractivity contribution < 1.29 is 4.74 Å². The van der Waals surface area contributed by atoms with Crippen LogP contribution in [0.25, 0.3) is 0 Å². The first kappa shape index (κ1) is 10.1. The second kappa shape index (κ2) is 4.39. The molecule has 1 aliphatic heterocycles. The maximum absolute atomic E-state index is 5.44. The lowest BCUT2D eigenvalue weighted by atomic mass is 10.2. The summed E-state index contributed by atoms with van der Waals surface area (Å²) in [4.78, 5) is 8.38. The van der Waals surface area contributed by atoms with Gasteiger partial charge in [0.15, 0.2) is 0 Å². The van der Waals surface area contributed by atoms with Crippen molar-refractivity contribution in [2.24, 2.45) is 0 Å². The molecule has 0 spiro atoms. The first-order valence-electron chi connectivity index (χ1n) is 4.61. The highest BCUT2D eigenvalue weighted by Crippen LogP contribution is 2.16. The number of rotatable bonds is 2. The maximum atomic E-state index is 5.44. The summed E-state index contributed by atoms with van der Waals surface area (Å²) in [5, 5.41) is 3.27. The molecule has 0 aromatic carbocycles. The highest BCUT2D eigenvalue weighted by Gasteiger charge is 2.24. The number of halogens is 1. The molecular formula is C9H12IN3O. The molecule has 0 aliphatic carbocycles. The third kappa shape index (κ3) is 2.33. The largest absolute Gasteiger partial charge is 0.376 e. The molecule has 0 saturated carbocycles. The van der Waals surface area contributed by atoms with Crippen LogP contribution >= 0.6 is 22.6 Å². The van der Waals surface area contributed by atoms with Gasteiger partial charge < -0.3 is 10.1 Å². The molecule has 0 radical (unpaired) electrons. The van der Waals surface area contributed by atoms with Crippen LogP contribution in [0.3, 0.4) is 0 Å². The van der Waals surface area contributed by atoms with Crippen LogP contribution in [0.15, 0.2) is 12.4 Å². The summed E-state index contributed by atoms with van der Waals surface area (Å²) in [7, 11) is 0. The summed E-state index contributed by atoms with van der Waals surface area (Å²) in [6.45, 7) is 2.89. The number of aromatic nitrogens is 2. The van der Waals surface area contributed by atoms with Gasteiger partial charge >= 0.3 is 0 Å². The SMILES string of the molecule is CC1OCCC1Nc1ncc(I)cn1. The monoisotopic (exact) mass is 305 g/mol. The fraction of sp³-hybridized carbons (Fsp3) is 0.556. The van der Waals surface area contributed by atoms with Crippen LogP contribution in [0, 0.1) is 3.57 Å². The molecule has 76 valence electrons. The van der Waals surface area contributed by atoms with Gasteiger partial charge in [-0.1, -0.05) is 0 Å². The normalized spacial score (nSPS) is 26.4. The lowest BCUT2D eigenvalue weighted by molar-refractivity contribution is 0.121. The van der Waals surface area contributed by atoms with Gasteiger partial charge in [-0.2, -0.15) is 0 Å². The Morgan fingerprint density at radius 3 is 2.79 bits per heavy atom. The van der Waals surface area contributed by atoms with Crippen molar-refractivity contribution in [3.8, 4) is 0 Å². The van der Waals surface area contributed by atoms with Gasteiger partial charge in [0.05, 0.1) is 12.1 Å². The minimum Gasteiger partial charge on any atom is -0.376 e. The zero-order valence-electron chi connectivity index (χ0n) is 7.90. The topological polar surface area (TPSA) is 47.0 Å². The molecule has 1 saturated heterocycles. The van der Waals surface area contributed by atoms with E-state index in [1.165, 1.54) is 0 Å². The summed E-state index contributed by atoms with van der Waals surface area (Å²) >= 11 is 2.19. The average molecular weight is 305 g/mol. The molecule has 1 aromatic heterocycles. The standard InChI is InChI=1S/C9H12IN3O/c1-6-8(2-3-14-6)13-9-11-4-7(10)5-12-9/h4-6,8H,2-3H2,1H3,(H,11,12,13). The van der Waals surface area contributed by atoms with Gasteiger partial charge in [0.2, 0.25) is 5.95 Å². The smallest absolute Gasteiger partial charge is 0.222 e. The van der Waals surface area contributed by atoms with Gasteiger partial charge in [-0.25, -0.2) is 9.97 Å². The molecule has 2 unspecified atom stereocenters. The van der Waals surface area contributed by atoms with Crippen LogP contribution in [0.5, 0.6) is 0 Å². The summed E-state index contributed by atoms with van der Waals surface area (Å²) in [6, 6.07) is 0.343. The van der Waals surface area contributed by atoms with E-state index in [4.69, 9.17) is 4.74 Å². The van der Waals surface area contributed by atoms with Gasteiger partial charge in [0.1, 0.15) is 0 Å². The lowest BCUT2D eigenvalue weighted by Crippen LogP contribution is -2.27. The molecule has 1 fully saturated rings. The zero-order valence-corrected chi connectivity index (χ0v) is 10.1. The Balaban J connectivity index is 2.00. The molecule has 1 aromatic rings. The summed E-state index contributed by atoms with van der Waals surface area (Å²) < 4.78 is 6.49. The van der Waals surface area contributed by atoms with E-state index in [1.807, 2.05) is 0 Å². The summed E-state index contributed by atoms with van der Waals surface area (Å²) in [5.41, 5.74) is 0. The van der Waals surface area contributed by atoms with Crippen LogP contribution in [0.4, 0.5) is 5.95 Å². The van der Waals surface area contributed by atoms with Crippen LogP contribution in [-0.2, 0) is 4.74 Å². The third-order valence-corrected chi connectivity index (χ3v) is 2.87. The molecule has 2 atom stereocenters. The molecule has 0 bridgehead atoms. The Hall–Kier alpha value is -0.430. The van der Waals surface area contributed by atoms with Crippen LogP contribution in [0.1, 0.15) is 13.3 Å². The number of anilines is 1. The Kier molecular flexibility index (Phi) is 3.17. The van der Waals surface area contributed by atoms with E-state index in [9.17, 15) is 0 Å². The predicted octanol–water partition coefficient (Wildman–Crippen LogP) is 1.67. The van der Waals surface area contributed by atoms with Crippen LogP contribution in [-0.4, -0.2) is 28.7 Å². The average Bonchev–Trinajstić information content (AvgIpc) is 2.56. The molecule has 14 heavy (non-hydrogen) atoms. The molecule has 2 heterocycles. The van der Waals surface area contributed by atoms with Crippen molar-refractivity contribution >= 4 is 28.5 Å².